The van der Waals surface area contributed by atoms with E-state index in [0.717, 1.165) is 37.2 Å². The molecular weight excluding hydrogens is 254 g/mol. The number of likely N-dealkylation sites (tertiary alicyclic amines) is 1. The molecule has 4 heteroatoms. The van der Waals surface area contributed by atoms with Crippen molar-refractivity contribution in [2.45, 2.75) is 45.3 Å². The van der Waals surface area contributed by atoms with Crippen molar-refractivity contribution in [2.75, 3.05) is 13.1 Å². The molecular formula is C16H23NO3. The van der Waals surface area contributed by atoms with Gasteiger partial charge >= 0.3 is 5.97 Å². The molecule has 0 aliphatic carbocycles. The van der Waals surface area contributed by atoms with Crippen molar-refractivity contribution < 1.29 is 14.6 Å². The van der Waals surface area contributed by atoms with Gasteiger partial charge in [0.25, 0.3) is 0 Å². The third-order valence-electron chi connectivity index (χ3n) is 3.54. The molecule has 1 aromatic carbocycles. The summed E-state index contributed by atoms with van der Waals surface area (Å²) in [6.45, 7) is 5.64. The molecule has 1 aliphatic rings. The van der Waals surface area contributed by atoms with E-state index in [-0.39, 0.29) is 6.10 Å². The van der Waals surface area contributed by atoms with Crippen molar-refractivity contribution in [3.63, 3.8) is 0 Å². The minimum atomic E-state index is -0.784. The molecule has 0 saturated carbocycles. The summed E-state index contributed by atoms with van der Waals surface area (Å²) in [7, 11) is 0. The lowest BCUT2D eigenvalue weighted by Gasteiger charge is -2.32. The Morgan fingerprint density at radius 2 is 1.95 bits per heavy atom. The Balaban J connectivity index is 2.22. The molecule has 0 bridgehead atoms. The number of hydrogen-bond acceptors (Lipinski definition) is 3. The Bertz CT molecular complexity index is 453. The molecule has 1 heterocycles. The molecule has 1 aromatic rings. The predicted octanol–water partition coefficient (Wildman–Crippen LogP) is 3.09. The smallest absolute Gasteiger partial charge is 0.325 e. The van der Waals surface area contributed by atoms with E-state index in [4.69, 9.17) is 4.74 Å². The van der Waals surface area contributed by atoms with Gasteiger partial charge < -0.3 is 9.84 Å². The van der Waals surface area contributed by atoms with Gasteiger partial charge in [-0.3, -0.25) is 9.69 Å². The number of piperidine rings is 1. The molecule has 0 aromatic heterocycles. The van der Waals surface area contributed by atoms with E-state index in [2.05, 4.69) is 4.90 Å². The maximum absolute atomic E-state index is 11.7. The summed E-state index contributed by atoms with van der Waals surface area (Å²) in [6, 6.07) is 6.91. The lowest BCUT2D eigenvalue weighted by atomic mass is 10.0. The summed E-state index contributed by atoms with van der Waals surface area (Å²) in [5.74, 6) is -0.0469. The average molecular weight is 277 g/mol. The molecule has 1 fully saturated rings. The third kappa shape index (κ3) is 3.73. The minimum Gasteiger partial charge on any atom is -0.491 e. The summed E-state index contributed by atoms with van der Waals surface area (Å²) in [6.07, 6.45) is 3.43. The number of nitrogens with zero attached hydrogens (tertiary/aromatic N) is 1. The highest BCUT2D eigenvalue weighted by Crippen LogP contribution is 2.27. The van der Waals surface area contributed by atoms with Crippen LogP contribution in [0.1, 0.15) is 44.7 Å². The molecule has 0 spiro atoms. The van der Waals surface area contributed by atoms with Crippen molar-refractivity contribution in [1.29, 1.82) is 0 Å². The highest BCUT2D eigenvalue weighted by atomic mass is 16.5. The molecule has 20 heavy (non-hydrogen) atoms. The van der Waals surface area contributed by atoms with Crippen LogP contribution in [0.25, 0.3) is 0 Å². The fraction of sp³-hybridized carbons (Fsp3) is 0.562. The van der Waals surface area contributed by atoms with E-state index in [9.17, 15) is 9.90 Å². The van der Waals surface area contributed by atoms with E-state index < -0.39 is 12.0 Å². The number of aliphatic carboxylic acids is 1. The van der Waals surface area contributed by atoms with Crippen LogP contribution >= 0.6 is 0 Å². The van der Waals surface area contributed by atoms with Gasteiger partial charge in [-0.15, -0.1) is 0 Å². The van der Waals surface area contributed by atoms with E-state index in [1.165, 1.54) is 6.42 Å². The number of carbonyl (C=O) groups is 1. The van der Waals surface area contributed by atoms with Crippen LogP contribution in [0.2, 0.25) is 0 Å². The topological polar surface area (TPSA) is 49.8 Å². The largest absolute Gasteiger partial charge is 0.491 e. The second-order valence-electron chi connectivity index (χ2n) is 5.58. The summed E-state index contributed by atoms with van der Waals surface area (Å²) in [5, 5.41) is 9.57. The minimum absolute atomic E-state index is 0.0866. The van der Waals surface area contributed by atoms with Gasteiger partial charge in [0.15, 0.2) is 0 Å². The number of rotatable bonds is 5. The zero-order valence-electron chi connectivity index (χ0n) is 12.2. The van der Waals surface area contributed by atoms with E-state index in [1.54, 1.807) is 0 Å². The van der Waals surface area contributed by atoms with Gasteiger partial charge in [-0.25, -0.2) is 0 Å². The number of benzene rings is 1. The molecule has 1 aliphatic heterocycles. The first-order valence-corrected chi connectivity index (χ1v) is 7.31. The Morgan fingerprint density at radius 3 is 2.55 bits per heavy atom. The zero-order valence-corrected chi connectivity index (χ0v) is 12.2. The Kier molecular flexibility index (Phi) is 5.01. The SMILES string of the molecule is CC(C)Oc1cccc(C(C(=O)O)N2CCCCC2)c1. The predicted molar refractivity (Wildman–Crippen MR) is 78.0 cm³/mol. The second-order valence-corrected chi connectivity index (χ2v) is 5.58. The Morgan fingerprint density at radius 1 is 1.25 bits per heavy atom. The van der Waals surface area contributed by atoms with Crippen molar-refractivity contribution in [2.24, 2.45) is 0 Å². The van der Waals surface area contributed by atoms with Crippen LogP contribution in [0.15, 0.2) is 24.3 Å². The van der Waals surface area contributed by atoms with Crippen LogP contribution in [-0.4, -0.2) is 35.2 Å². The first-order chi connectivity index (χ1) is 9.58. The third-order valence-corrected chi connectivity index (χ3v) is 3.54. The van der Waals surface area contributed by atoms with Crippen molar-refractivity contribution >= 4 is 5.97 Å². The number of carboxylic acid groups (broad SMARTS) is 1. The van der Waals surface area contributed by atoms with Gasteiger partial charge in [-0.05, 0) is 57.5 Å². The maximum atomic E-state index is 11.7. The molecule has 1 atom stereocenters. The Hall–Kier alpha value is -1.55. The molecule has 110 valence electrons. The standard InChI is InChI=1S/C16H23NO3/c1-12(2)20-14-8-6-7-13(11-14)15(16(18)19)17-9-4-3-5-10-17/h6-8,11-12,15H,3-5,9-10H2,1-2H3,(H,18,19). The average Bonchev–Trinajstić information content (AvgIpc) is 2.39. The molecule has 4 nitrogen and oxygen atoms in total. The first kappa shape index (κ1) is 14.9. The van der Waals surface area contributed by atoms with Gasteiger partial charge in [-0.1, -0.05) is 18.6 Å². The van der Waals surface area contributed by atoms with Crippen LogP contribution in [0.4, 0.5) is 0 Å². The van der Waals surface area contributed by atoms with Crippen LogP contribution in [-0.2, 0) is 4.79 Å². The number of carboxylic acids is 1. The molecule has 0 radical (unpaired) electrons. The monoisotopic (exact) mass is 277 g/mol. The summed E-state index contributed by atoms with van der Waals surface area (Å²) >= 11 is 0. The normalized spacial score (nSPS) is 17.9. The Labute approximate surface area is 120 Å². The van der Waals surface area contributed by atoms with E-state index in [1.807, 2.05) is 38.1 Å². The van der Waals surface area contributed by atoms with Crippen LogP contribution < -0.4 is 4.74 Å². The number of ether oxygens (including phenoxy) is 1. The molecule has 1 saturated heterocycles. The van der Waals surface area contributed by atoms with Crippen LogP contribution in [0.3, 0.4) is 0 Å². The van der Waals surface area contributed by atoms with Crippen LogP contribution in [0.5, 0.6) is 5.75 Å². The molecule has 1 unspecified atom stereocenters. The lowest BCUT2D eigenvalue weighted by molar-refractivity contribution is -0.144. The van der Waals surface area contributed by atoms with Crippen LogP contribution in [0, 0.1) is 0 Å². The van der Waals surface area contributed by atoms with Gasteiger partial charge in [0.2, 0.25) is 0 Å². The summed E-state index contributed by atoms with van der Waals surface area (Å²) in [4.78, 5) is 13.7. The summed E-state index contributed by atoms with van der Waals surface area (Å²) < 4.78 is 5.66. The van der Waals surface area contributed by atoms with Gasteiger partial charge in [0.05, 0.1) is 6.10 Å². The van der Waals surface area contributed by atoms with E-state index >= 15 is 0 Å². The highest BCUT2D eigenvalue weighted by Gasteiger charge is 2.28. The van der Waals surface area contributed by atoms with Gasteiger partial charge in [0.1, 0.15) is 11.8 Å². The van der Waals surface area contributed by atoms with Gasteiger partial charge in [0, 0.05) is 0 Å². The fourth-order valence-electron chi connectivity index (χ4n) is 2.72. The molecule has 0 amide bonds. The maximum Gasteiger partial charge on any atom is 0.325 e. The lowest BCUT2D eigenvalue weighted by Crippen LogP contribution is -2.37. The fourth-order valence-corrected chi connectivity index (χ4v) is 2.72. The molecule has 1 N–H and O–H groups in total. The first-order valence-electron chi connectivity index (χ1n) is 7.31. The van der Waals surface area contributed by atoms with Crippen molar-refractivity contribution in [3.8, 4) is 5.75 Å². The highest BCUT2D eigenvalue weighted by molar-refractivity contribution is 5.75. The van der Waals surface area contributed by atoms with Gasteiger partial charge in [-0.2, -0.15) is 0 Å². The summed E-state index contributed by atoms with van der Waals surface area (Å²) in [5.41, 5.74) is 0.803. The van der Waals surface area contributed by atoms with Crippen molar-refractivity contribution in [1.82, 2.24) is 4.90 Å². The van der Waals surface area contributed by atoms with Crippen molar-refractivity contribution in [3.05, 3.63) is 29.8 Å². The second kappa shape index (κ2) is 6.75. The number of hydrogen-bond donors (Lipinski definition) is 1. The quantitative estimate of drug-likeness (QED) is 0.898. The zero-order chi connectivity index (χ0) is 14.5. The molecule has 2 rings (SSSR count). The van der Waals surface area contributed by atoms with E-state index in [0.29, 0.717) is 0 Å².